The maximum Gasteiger partial charge on any atom is 0.283 e. The van der Waals surface area contributed by atoms with Crippen LogP contribution in [0, 0.1) is 0 Å². The van der Waals surface area contributed by atoms with E-state index in [1.54, 1.807) is 32.2 Å². The summed E-state index contributed by atoms with van der Waals surface area (Å²) < 4.78 is 21.3. The zero-order chi connectivity index (χ0) is 34.8. The predicted molar refractivity (Wildman–Crippen MR) is 189 cm³/mol. The van der Waals surface area contributed by atoms with Crippen molar-refractivity contribution < 1.29 is 38.4 Å². The topological polar surface area (TPSA) is 151 Å². The van der Waals surface area contributed by atoms with Gasteiger partial charge >= 0.3 is 0 Å². The number of benzene rings is 1. The highest BCUT2D eigenvalue weighted by Crippen LogP contribution is 2.28. The van der Waals surface area contributed by atoms with Gasteiger partial charge in [-0.05, 0) is 105 Å². The van der Waals surface area contributed by atoms with Crippen molar-refractivity contribution in [3.05, 3.63) is 29.3 Å². The summed E-state index contributed by atoms with van der Waals surface area (Å²) >= 11 is 0. The van der Waals surface area contributed by atoms with Gasteiger partial charge in [0.2, 0.25) is 0 Å². The van der Waals surface area contributed by atoms with Crippen LogP contribution in [0.5, 0.6) is 5.75 Å². The first-order chi connectivity index (χ1) is 23.0. The molecule has 4 aliphatic rings. The molecule has 0 radical (unpaired) electrons. The maximum atomic E-state index is 13.2. The Morgan fingerprint density at radius 3 is 1.78 bits per heavy atom. The Morgan fingerprint density at radius 1 is 0.837 bits per heavy atom. The van der Waals surface area contributed by atoms with E-state index in [2.05, 4.69) is 53.6 Å². The smallest absolute Gasteiger partial charge is 0.283 e. The Balaban J connectivity index is 0.000000455. The van der Waals surface area contributed by atoms with Crippen molar-refractivity contribution in [2.75, 3.05) is 55.1 Å². The molecule has 3 N–H and O–H groups in total. The van der Waals surface area contributed by atoms with E-state index in [9.17, 15) is 19.5 Å². The fourth-order valence-corrected chi connectivity index (χ4v) is 6.93. The fraction of sp³-hybridized carbons (Fsp3) is 0.722. The van der Waals surface area contributed by atoms with E-state index < -0.39 is 12.0 Å². The van der Waals surface area contributed by atoms with Crippen LogP contribution in [0.4, 0.5) is 0 Å². The van der Waals surface area contributed by atoms with Gasteiger partial charge in [-0.3, -0.25) is 14.4 Å². The van der Waals surface area contributed by atoms with Gasteiger partial charge in [0.05, 0.1) is 13.2 Å². The molecule has 1 aromatic carbocycles. The van der Waals surface area contributed by atoms with E-state index in [1.165, 1.54) is 6.21 Å². The zero-order valence-electron chi connectivity index (χ0n) is 29.4. The number of ether oxygens (including phenoxy) is 4. The molecule has 1 aromatic rings. The average molecular weight is 690 g/mol. The van der Waals surface area contributed by atoms with Gasteiger partial charge in [0.25, 0.3) is 17.7 Å². The van der Waals surface area contributed by atoms with Crippen molar-refractivity contribution in [2.24, 2.45) is 4.99 Å². The summed E-state index contributed by atoms with van der Waals surface area (Å²) in [5.41, 5.74) is 0.695. The normalized spacial score (nSPS) is 29.5. The number of carbonyl (C=O) groups excluding carboxylic acids is 3. The van der Waals surface area contributed by atoms with Gasteiger partial charge in [0.1, 0.15) is 30.2 Å². The van der Waals surface area contributed by atoms with Gasteiger partial charge in [-0.2, -0.15) is 0 Å². The van der Waals surface area contributed by atoms with Crippen LogP contribution in [0.3, 0.4) is 0 Å². The van der Waals surface area contributed by atoms with Crippen LogP contribution in [0.1, 0.15) is 86.4 Å². The van der Waals surface area contributed by atoms with Gasteiger partial charge < -0.3 is 44.5 Å². The van der Waals surface area contributed by atoms with E-state index in [1.807, 2.05) is 0 Å². The Morgan fingerprint density at radius 2 is 1.33 bits per heavy atom. The van der Waals surface area contributed by atoms with Crippen molar-refractivity contribution in [1.82, 2.24) is 20.4 Å². The molecule has 0 bridgehead atoms. The molecule has 2 saturated heterocycles. The van der Waals surface area contributed by atoms with Crippen molar-refractivity contribution in [3.63, 3.8) is 0 Å². The Kier molecular flexibility index (Phi) is 16.1. The summed E-state index contributed by atoms with van der Waals surface area (Å²) in [5.74, 6) is -0.613. The lowest BCUT2D eigenvalue weighted by atomic mass is 9.90. The third kappa shape index (κ3) is 11.5. The van der Waals surface area contributed by atoms with E-state index in [0.29, 0.717) is 42.2 Å². The molecule has 13 heteroatoms. The number of rotatable bonds is 10. The third-order valence-corrected chi connectivity index (χ3v) is 9.88. The lowest BCUT2D eigenvalue weighted by Crippen LogP contribution is -2.42. The third-order valence-electron chi connectivity index (χ3n) is 9.88. The summed E-state index contributed by atoms with van der Waals surface area (Å²) in [5, 5.41) is 15.6. The Hall–Kier alpha value is -2.94. The maximum absolute atomic E-state index is 13.2. The minimum Gasteiger partial charge on any atom is -0.484 e. The molecule has 4 atom stereocenters. The number of carbonyl (C=O) groups is 3. The van der Waals surface area contributed by atoms with Crippen LogP contribution < -0.4 is 15.4 Å². The quantitative estimate of drug-likeness (QED) is 0.313. The largest absolute Gasteiger partial charge is 0.484 e. The van der Waals surface area contributed by atoms with Crippen molar-refractivity contribution in [1.29, 1.82) is 0 Å². The number of fused-ring (bicyclic) bond motifs is 1. The molecule has 0 spiro atoms. The van der Waals surface area contributed by atoms with Gasteiger partial charge in [-0.1, -0.05) is 7.43 Å². The van der Waals surface area contributed by atoms with E-state index in [0.717, 1.165) is 51.4 Å². The second kappa shape index (κ2) is 19.5. The summed E-state index contributed by atoms with van der Waals surface area (Å²) in [6.07, 6.45) is 8.49. The fourth-order valence-electron chi connectivity index (χ4n) is 6.93. The van der Waals surface area contributed by atoms with Crippen molar-refractivity contribution in [3.8, 4) is 5.75 Å². The minimum atomic E-state index is -0.472. The molecule has 3 amide bonds. The summed E-state index contributed by atoms with van der Waals surface area (Å²) in [6, 6.07) is 6.05. The molecule has 2 saturated carbocycles. The van der Waals surface area contributed by atoms with Crippen LogP contribution in [-0.4, -0.2) is 143 Å². The lowest BCUT2D eigenvalue weighted by molar-refractivity contribution is -0.119. The standard InChI is InChI=1S/C28H43N5O4.C7H12O4.CH4/c1-6-29-26(34)18-37-25-16-19(27(35)30-21-7-11-23(12-8-21)32(2)3)15-20(17-25)28(36)31-22-9-13-24(14-10-22)33(4)5;1-9-5-3-11-6-4(8)2-10-7(5)6;/h6,15-17,21-24H,7-14,18H2,1-5H3,(H,30,35)(H,31,36);4-8H,2-3H2,1H3;1H4. The molecule has 2 aliphatic carbocycles. The zero-order valence-corrected chi connectivity index (χ0v) is 29.4. The summed E-state index contributed by atoms with van der Waals surface area (Å²) in [7, 11) is 9.99. The number of hydrogen-bond donors (Lipinski definition) is 3. The van der Waals surface area contributed by atoms with Gasteiger partial charge in [-0.15, -0.1) is 0 Å². The molecular formula is C36H59N5O8. The molecule has 276 valence electrons. The first kappa shape index (κ1) is 40.5. The minimum absolute atomic E-state index is 0. The molecule has 0 aromatic heterocycles. The van der Waals surface area contributed by atoms with Crippen LogP contribution in [0.2, 0.25) is 0 Å². The van der Waals surface area contributed by atoms with Crippen LogP contribution in [0.25, 0.3) is 0 Å². The van der Waals surface area contributed by atoms with Crippen LogP contribution in [-0.2, 0) is 19.0 Å². The van der Waals surface area contributed by atoms with E-state index in [4.69, 9.17) is 18.9 Å². The Bertz CT molecular complexity index is 1180. The van der Waals surface area contributed by atoms with E-state index in [-0.39, 0.29) is 56.2 Å². The van der Waals surface area contributed by atoms with Gasteiger partial charge in [-0.25, -0.2) is 4.99 Å². The highest BCUT2D eigenvalue weighted by atomic mass is 16.6. The molecule has 49 heavy (non-hydrogen) atoms. The second-order valence-electron chi connectivity index (χ2n) is 13.6. The highest BCUT2D eigenvalue weighted by Gasteiger charge is 2.47. The molecule has 4 fully saturated rings. The molecule has 4 unspecified atom stereocenters. The first-order valence-corrected chi connectivity index (χ1v) is 17.2. The van der Waals surface area contributed by atoms with Crippen LogP contribution >= 0.6 is 0 Å². The second-order valence-corrected chi connectivity index (χ2v) is 13.6. The molecule has 13 nitrogen and oxygen atoms in total. The lowest BCUT2D eigenvalue weighted by Gasteiger charge is -2.33. The number of aliphatic imine (C=N–C) groups is 1. The van der Waals surface area contributed by atoms with Gasteiger partial charge in [0, 0.05) is 48.6 Å². The SMILES string of the molecule is C.CC=NC(=O)COc1cc(C(=O)NC2CCC(N(C)C)CC2)cc(C(=O)NC2CCC(N(C)C)CC2)c1.COC1COC2C(O)COC12. The number of nitrogens with zero attached hydrogens (tertiary/aromatic N) is 3. The number of hydrogen-bond acceptors (Lipinski definition) is 10. The number of nitrogens with one attached hydrogen (secondary N) is 2. The summed E-state index contributed by atoms with van der Waals surface area (Å²) in [4.78, 5) is 46.4. The van der Waals surface area contributed by atoms with E-state index >= 15 is 0 Å². The van der Waals surface area contributed by atoms with Gasteiger partial charge in [0.15, 0.2) is 6.61 Å². The number of methoxy groups -OCH3 is 1. The average Bonchev–Trinajstić information content (AvgIpc) is 3.66. The summed E-state index contributed by atoms with van der Waals surface area (Å²) in [6.45, 7) is 2.29. The number of amides is 3. The van der Waals surface area contributed by atoms with Crippen LogP contribution in [0.15, 0.2) is 23.2 Å². The molecule has 2 aliphatic heterocycles. The molecule has 5 rings (SSSR count). The Labute approximate surface area is 292 Å². The first-order valence-electron chi connectivity index (χ1n) is 17.2. The molecule has 2 heterocycles. The molecular weight excluding hydrogens is 630 g/mol. The van der Waals surface area contributed by atoms with Crippen molar-refractivity contribution in [2.45, 2.75) is 114 Å². The number of aliphatic hydroxyl groups excluding tert-OH is 1. The predicted octanol–water partition coefficient (Wildman–Crippen LogP) is 2.68. The van der Waals surface area contributed by atoms with Crippen molar-refractivity contribution >= 4 is 23.9 Å². The number of aliphatic hydroxyl groups is 1. The highest BCUT2D eigenvalue weighted by molar-refractivity contribution is 6.00. The monoisotopic (exact) mass is 689 g/mol.